The van der Waals surface area contributed by atoms with Gasteiger partial charge in [0.05, 0.1) is 6.10 Å². The van der Waals surface area contributed by atoms with E-state index in [9.17, 15) is 5.11 Å². The monoisotopic (exact) mass is 135 g/mol. The van der Waals surface area contributed by atoms with Crippen molar-refractivity contribution < 1.29 is 24.0 Å². The van der Waals surface area contributed by atoms with Crippen LogP contribution in [0.2, 0.25) is 0 Å². The minimum Gasteiger partial charge on any atom is -0.393 e. The maximum atomic E-state index is 9.45. The molecule has 0 aromatic rings. The molecule has 1 nitrogen and oxygen atoms in total. The zero-order chi connectivity index (χ0) is 6.85. The van der Waals surface area contributed by atoms with Crippen molar-refractivity contribution in [2.24, 2.45) is 11.8 Å². The molecule has 10 heavy (non-hydrogen) atoms. The number of aliphatic hydroxyl groups is 1. The van der Waals surface area contributed by atoms with Crippen molar-refractivity contribution >= 4 is 0 Å². The second kappa shape index (κ2) is 4.44. The fourth-order valence-electron chi connectivity index (χ4n) is 1.66. The van der Waals surface area contributed by atoms with Crippen LogP contribution < -0.4 is 18.9 Å². The first-order valence-electron chi connectivity index (χ1n) is 3.90. The number of aliphatic hydroxyl groups excluding tert-OH is 1. The summed E-state index contributed by atoms with van der Waals surface area (Å²) in [5.41, 5.74) is 0. The van der Waals surface area contributed by atoms with E-state index in [2.05, 4.69) is 13.8 Å². The van der Waals surface area contributed by atoms with Crippen LogP contribution in [0.4, 0.5) is 0 Å². The molecule has 0 saturated heterocycles. The maximum absolute atomic E-state index is 9.45. The summed E-state index contributed by atoms with van der Waals surface area (Å²) in [7, 11) is 0. The van der Waals surface area contributed by atoms with E-state index in [0.29, 0.717) is 11.8 Å². The van der Waals surface area contributed by atoms with E-state index in [1.807, 2.05) is 0 Å². The van der Waals surface area contributed by atoms with Crippen LogP contribution >= 0.6 is 0 Å². The minimum atomic E-state index is -0.0289. The molecule has 1 saturated carbocycles. The Morgan fingerprint density at radius 1 is 1.10 bits per heavy atom. The van der Waals surface area contributed by atoms with Crippen molar-refractivity contribution in [1.82, 2.24) is 0 Å². The Hall–Kier alpha value is 0.557. The second-order valence-electron chi connectivity index (χ2n) is 3.38. The molecule has 1 rings (SSSR count). The Bertz CT molecular complexity index is 85.3. The van der Waals surface area contributed by atoms with E-state index in [1.54, 1.807) is 0 Å². The predicted molar refractivity (Wildman–Crippen MR) is 38.2 cm³/mol. The van der Waals surface area contributed by atoms with Gasteiger partial charge in [0.2, 0.25) is 0 Å². The topological polar surface area (TPSA) is 20.2 Å². The third-order valence-corrected chi connectivity index (χ3v) is 2.48. The van der Waals surface area contributed by atoms with Gasteiger partial charge in [0, 0.05) is 0 Å². The van der Waals surface area contributed by atoms with E-state index < -0.39 is 0 Å². The van der Waals surface area contributed by atoms with Gasteiger partial charge >= 0.3 is 18.9 Å². The van der Waals surface area contributed by atoms with E-state index >= 15 is 0 Å². The van der Waals surface area contributed by atoms with Crippen LogP contribution in [0.3, 0.4) is 0 Å². The smallest absolute Gasteiger partial charge is 0.393 e. The quantitative estimate of drug-likeness (QED) is 0.414. The summed E-state index contributed by atoms with van der Waals surface area (Å²) in [6.07, 6.45) is 3.70. The second-order valence-corrected chi connectivity index (χ2v) is 3.38. The van der Waals surface area contributed by atoms with E-state index in [1.165, 1.54) is 19.3 Å². The summed E-state index contributed by atoms with van der Waals surface area (Å²) in [4.78, 5) is 0. The molecular weight excluding hydrogens is 119 g/mol. The summed E-state index contributed by atoms with van der Waals surface area (Å²) in [5, 5.41) is 9.45. The van der Waals surface area contributed by atoms with Crippen LogP contribution in [-0.4, -0.2) is 11.2 Å². The van der Waals surface area contributed by atoms with Gasteiger partial charge in [-0.2, -0.15) is 0 Å². The van der Waals surface area contributed by atoms with Crippen LogP contribution in [-0.2, 0) is 0 Å². The Morgan fingerprint density at radius 2 is 1.50 bits per heavy atom. The molecule has 0 heterocycles. The summed E-state index contributed by atoms with van der Waals surface area (Å²) < 4.78 is 0. The largest absolute Gasteiger partial charge is 1.00 e. The van der Waals surface area contributed by atoms with Gasteiger partial charge < -0.3 is 5.11 Å². The molecule has 2 atom stereocenters. The fraction of sp³-hybridized carbons (Fsp3) is 1.00. The molecule has 0 aliphatic heterocycles. The van der Waals surface area contributed by atoms with Gasteiger partial charge in [0.25, 0.3) is 0 Å². The van der Waals surface area contributed by atoms with Gasteiger partial charge in [0.15, 0.2) is 0 Å². The van der Waals surface area contributed by atoms with Crippen molar-refractivity contribution in [2.45, 2.75) is 39.2 Å². The van der Waals surface area contributed by atoms with Gasteiger partial charge in [-0.15, -0.1) is 0 Å². The molecule has 1 N–H and O–H groups in total. The number of hydrogen-bond donors (Lipinski definition) is 1. The summed E-state index contributed by atoms with van der Waals surface area (Å²) in [6, 6.07) is 0. The molecule has 0 spiro atoms. The SMILES string of the molecule is CC1CCCC(C)C1O.[Li+]. The molecule has 0 amide bonds. The molecule has 0 radical (unpaired) electrons. The first kappa shape index (κ1) is 10.6. The molecule has 2 unspecified atom stereocenters. The summed E-state index contributed by atoms with van der Waals surface area (Å²) in [5.74, 6) is 1.07. The molecule has 0 aromatic carbocycles. The van der Waals surface area contributed by atoms with Crippen molar-refractivity contribution in [3.05, 3.63) is 0 Å². The maximum Gasteiger partial charge on any atom is 1.00 e. The molecule has 1 fully saturated rings. The van der Waals surface area contributed by atoms with Crippen molar-refractivity contribution in [2.75, 3.05) is 0 Å². The van der Waals surface area contributed by atoms with Crippen molar-refractivity contribution in [3.63, 3.8) is 0 Å². The van der Waals surface area contributed by atoms with Crippen LogP contribution in [0, 0.1) is 11.8 Å². The normalized spacial score (nSPS) is 40.5. The Kier molecular flexibility index (Phi) is 4.69. The van der Waals surface area contributed by atoms with Gasteiger partial charge in [-0.25, -0.2) is 0 Å². The fourth-order valence-corrected chi connectivity index (χ4v) is 1.66. The number of rotatable bonds is 0. The van der Waals surface area contributed by atoms with Crippen LogP contribution in [0.25, 0.3) is 0 Å². The Balaban J connectivity index is 0.000000810. The van der Waals surface area contributed by atoms with Gasteiger partial charge in [-0.1, -0.05) is 20.3 Å². The standard InChI is InChI=1S/C8H16O.Li/c1-6-4-3-5-7(2)8(6)9;/h6-9H,3-5H2,1-2H3;/q;+1. The van der Waals surface area contributed by atoms with Crippen molar-refractivity contribution in [3.8, 4) is 0 Å². The Labute approximate surface area is 75.4 Å². The predicted octanol–water partition coefficient (Wildman–Crippen LogP) is -1.19. The van der Waals surface area contributed by atoms with E-state index in [0.717, 1.165) is 0 Å². The molecule has 54 valence electrons. The van der Waals surface area contributed by atoms with Crippen LogP contribution in [0.5, 0.6) is 0 Å². The minimum absolute atomic E-state index is 0. The molecule has 0 aromatic heterocycles. The summed E-state index contributed by atoms with van der Waals surface area (Å²) in [6.45, 7) is 4.28. The van der Waals surface area contributed by atoms with Crippen LogP contribution in [0.1, 0.15) is 33.1 Å². The first-order valence-corrected chi connectivity index (χ1v) is 3.90. The zero-order valence-electron chi connectivity index (χ0n) is 7.30. The molecule has 0 bridgehead atoms. The third-order valence-electron chi connectivity index (χ3n) is 2.48. The number of hydrogen-bond acceptors (Lipinski definition) is 1. The average Bonchev–Trinajstić information content (AvgIpc) is 1.83. The van der Waals surface area contributed by atoms with E-state index in [4.69, 9.17) is 0 Å². The summed E-state index contributed by atoms with van der Waals surface area (Å²) >= 11 is 0. The van der Waals surface area contributed by atoms with E-state index in [-0.39, 0.29) is 25.0 Å². The van der Waals surface area contributed by atoms with Crippen LogP contribution in [0.15, 0.2) is 0 Å². The zero-order valence-corrected chi connectivity index (χ0v) is 7.30. The van der Waals surface area contributed by atoms with Gasteiger partial charge in [-0.3, -0.25) is 0 Å². The third kappa shape index (κ3) is 2.31. The van der Waals surface area contributed by atoms with Gasteiger partial charge in [0.1, 0.15) is 0 Å². The molecule has 1 aliphatic carbocycles. The van der Waals surface area contributed by atoms with Gasteiger partial charge in [-0.05, 0) is 24.7 Å². The molecule has 1 aliphatic rings. The molecular formula is C8H16LiO+. The average molecular weight is 135 g/mol. The Morgan fingerprint density at radius 3 is 1.80 bits per heavy atom. The molecule has 2 heteroatoms. The first-order chi connectivity index (χ1) is 4.22. The van der Waals surface area contributed by atoms with Crippen molar-refractivity contribution in [1.29, 1.82) is 0 Å².